The molecule has 2 aromatic heterocycles. The highest BCUT2D eigenvalue weighted by Gasteiger charge is 2.17. The fourth-order valence-corrected chi connectivity index (χ4v) is 7.51. The Hall–Kier alpha value is -5.71. The molecule has 0 N–H and O–H groups in total. The lowest BCUT2D eigenvalue weighted by atomic mass is 9.99. The molecule has 45 heavy (non-hydrogen) atoms. The van der Waals surface area contributed by atoms with Crippen molar-refractivity contribution >= 4 is 70.4 Å². The molecule has 0 unspecified atom stereocenters. The zero-order valence-electron chi connectivity index (χ0n) is 24.2. The van der Waals surface area contributed by atoms with Gasteiger partial charge in [0, 0.05) is 48.2 Å². The van der Waals surface area contributed by atoms with Gasteiger partial charge in [0.05, 0.1) is 0 Å². The predicted octanol–water partition coefficient (Wildman–Crippen LogP) is 12.2. The Morgan fingerprint density at radius 2 is 1.22 bits per heavy atom. The lowest BCUT2D eigenvalue weighted by molar-refractivity contribution is 0.623. The third-order valence-electron chi connectivity index (χ3n) is 8.49. The molecule has 0 aliphatic carbocycles. The summed E-state index contributed by atoms with van der Waals surface area (Å²) in [5, 5.41) is 4.79. The van der Waals surface area contributed by atoms with Gasteiger partial charge in [-0.2, -0.15) is 0 Å². The number of para-hydroxylation sites is 1. The molecule has 0 amide bonds. The van der Waals surface area contributed by atoms with Crippen molar-refractivity contribution in [2.45, 2.75) is 0 Å². The molecular formula is C41H26N2OS. The van der Waals surface area contributed by atoms with E-state index in [1.165, 1.54) is 31.3 Å². The van der Waals surface area contributed by atoms with Gasteiger partial charge in [0.1, 0.15) is 5.52 Å². The van der Waals surface area contributed by atoms with E-state index >= 15 is 0 Å². The fraction of sp³-hybridized carbons (Fsp3) is 0. The molecule has 3 nitrogen and oxygen atoms in total. The molecule has 2 heterocycles. The summed E-state index contributed by atoms with van der Waals surface area (Å²) in [5.74, 6) is 0.638. The number of nitrogens with zero attached hydrogens (tertiary/aromatic N) is 2. The molecular weight excluding hydrogens is 569 g/mol. The summed E-state index contributed by atoms with van der Waals surface area (Å²) in [6.45, 7) is 0. The molecule has 0 bridgehead atoms. The van der Waals surface area contributed by atoms with E-state index in [9.17, 15) is 0 Å². The highest BCUT2D eigenvalue weighted by molar-refractivity contribution is 7.25. The summed E-state index contributed by atoms with van der Waals surface area (Å²) in [5.41, 5.74) is 8.39. The highest BCUT2D eigenvalue weighted by atomic mass is 32.1. The van der Waals surface area contributed by atoms with Crippen LogP contribution in [-0.4, -0.2) is 4.98 Å². The number of aromatic nitrogens is 1. The normalized spacial score (nSPS) is 11.6. The highest BCUT2D eigenvalue weighted by Crippen LogP contribution is 2.42. The smallest absolute Gasteiger partial charge is 0.227 e. The van der Waals surface area contributed by atoms with Gasteiger partial charge in [-0.1, -0.05) is 84.9 Å². The average Bonchev–Trinajstić information content (AvgIpc) is 3.72. The number of oxazole rings is 1. The quantitative estimate of drug-likeness (QED) is 0.198. The van der Waals surface area contributed by atoms with Gasteiger partial charge in [-0.15, -0.1) is 11.3 Å². The second-order valence-corrected chi connectivity index (χ2v) is 12.3. The van der Waals surface area contributed by atoms with Gasteiger partial charge in [0.25, 0.3) is 0 Å². The van der Waals surface area contributed by atoms with Gasteiger partial charge in [-0.05, 0) is 89.3 Å². The van der Waals surface area contributed by atoms with E-state index in [-0.39, 0.29) is 0 Å². The minimum absolute atomic E-state index is 0.638. The second kappa shape index (κ2) is 10.5. The van der Waals surface area contributed by atoms with E-state index in [0.717, 1.165) is 44.5 Å². The molecule has 0 atom stereocenters. The molecule has 9 aromatic rings. The van der Waals surface area contributed by atoms with Crippen molar-refractivity contribution in [1.29, 1.82) is 0 Å². The molecule has 9 rings (SSSR count). The van der Waals surface area contributed by atoms with Gasteiger partial charge in [-0.25, -0.2) is 4.98 Å². The first-order chi connectivity index (χ1) is 22.3. The second-order valence-electron chi connectivity index (χ2n) is 11.2. The number of thiophene rings is 1. The van der Waals surface area contributed by atoms with Crippen LogP contribution in [0, 0.1) is 0 Å². The zero-order valence-corrected chi connectivity index (χ0v) is 25.0. The van der Waals surface area contributed by atoms with Crippen LogP contribution in [0.4, 0.5) is 17.1 Å². The minimum Gasteiger partial charge on any atom is -0.435 e. The van der Waals surface area contributed by atoms with E-state index in [1.807, 2.05) is 47.7 Å². The van der Waals surface area contributed by atoms with E-state index in [0.29, 0.717) is 5.89 Å². The first kappa shape index (κ1) is 25.8. The standard InChI is InChI=1S/C41H26N2OS/c1-3-10-28(11-4-1)41-42-36-25-20-29-26-32(23-24-34(29)40(36)44-41)43(30-12-5-2-6-13-30)31-21-18-27(19-22-31)33-15-9-17-38-39(33)35-14-7-8-16-37(35)45-38/h1-26H. The van der Waals surface area contributed by atoms with Gasteiger partial charge in [-0.3, -0.25) is 0 Å². The number of fused-ring (bicyclic) bond motifs is 6. The maximum atomic E-state index is 6.32. The Morgan fingerprint density at radius 1 is 0.511 bits per heavy atom. The third kappa shape index (κ3) is 4.38. The Bertz CT molecular complexity index is 2480. The topological polar surface area (TPSA) is 29.3 Å². The maximum Gasteiger partial charge on any atom is 0.227 e. The zero-order chi connectivity index (χ0) is 29.7. The van der Waals surface area contributed by atoms with Crippen molar-refractivity contribution in [3.8, 4) is 22.6 Å². The summed E-state index contributed by atoms with van der Waals surface area (Å²) in [7, 11) is 0. The molecule has 0 fully saturated rings. The van der Waals surface area contributed by atoms with Crippen LogP contribution in [0.3, 0.4) is 0 Å². The van der Waals surface area contributed by atoms with Crippen LogP contribution < -0.4 is 4.90 Å². The molecule has 0 aliphatic rings. The number of hydrogen-bond acceptors (Lipinski definition) is 4. The van der Waals surface area contributed by atoms with Crippen LogP contribution in [0.5, 0.6) is 0 Å². The van der Waals surface area contributed by atoms with E-state index in [2.05, 4.69) is 126 Å². The molecule has 4 heteroatoms. The van der Waals surface area contributed by atoms with Gasteiger partial charge in [0.15, 0.2) is 5.58 Å². The predicted molar refractivity (Wildman–Crippen MR) is 190 cm³/mol. The summed E-state index contributed by atoms with van der Waals surface area (Å²) in [6.07, 6.45) is 0. The van der Waals surface area contributed by atoms with Crippen molar-refractivity contribution < 1.29 is 4.42 Å². The van der Waals surface area contributed by atoms with E-state index in [1.54, 1.807) is 0 Å². The molecule has 7 aromatic carbocycles. The van der Waals surface area contributed by atoms with Crippen molar-refractivity contribution in [2.24, 2.45) is 0 Å². The fourth-order valence-electron chi connectivity index (χ4n) is 6.37. The Kier molecular flexibility index (Phi) is 6.00. The first-order valence-corrected chi connectivity index (χ1v) is 15.9. The van der Waals surface area contributed by atoms with Crippen molar-refractivity contribution in [1.82, 2.24) is 4.98 Å². The SMILES string of the molecule is c1ccc(-c2nc3ccc4cc(N(c5ccccc5)c5ccc(-c6cccc7sc8ccccc8c67)cc5)ccc4c3o2)cc1. The number of benzene rings is 7. The molecule has 0 spiro atoms. The lowest BCUT2D eigenvalue weighted by Crippen LogP contribution is -2.09. The maximum absolute atomic E-state index is 6.32. The number of rotatable bonds is 5. The van der Waals surface area contributed by atoms with Crippen molar-refractivity contribution in [2.75, 3.05) is 4.90 Å². The van der Waals surface area contributed by atoms with Crippen LogP contribution in [0.25, 0.3) is 64.6 Å². The Labute approximate surface area is 264 Å². The largest absolute Gasteiger partial charge is 0.435 e. The lowest BCUT2D eigenvalue weighted by Gasteiger charge is -2.26. The van der Waals surface area contributed by atoms with Crippen LogP contribution >= 0.6 is 11.3 Å². The van der Waals surface area contributed by atoms with Gasteiger partial charge in [0.2, 0.25) is 5.89 Å². The first-order valence-electron chi connectivity index (χ1n) is 15.0. The van der Waals surface area contributed by atoms with Crippen LogP contribution in [0.2, 0.25) is 0 Å². The van der Waals surface area contributed by atoms with Gasteiger partial charge < -0.3 is 9.32 Å². The summed E-state index contributed by atoms with van der Waals surface area (Å²) in [4.78, 5) is 7.08. The van der Waals surface area contributed by atoms with Crippen LogP contribution in [0.15, 0.2) is 162 Å². The third-order valence-corrected chi connectivity index (χ3v) is 9.62. The monoisotopic (exact) mass is 594 g/mol. The average molecular weight is 595 g/mol. The number of hydrogen-bond donors (Lipinski definition) is 0. The minimum atomic E-state index is 0.638. The number of anilines is 3. The van der Waals surface area contributed by atoms with E-state index < -0.39 is 0 Å². The molecule has 0 aliphatic heterocycles. The Balaban J connectivity index is 1.14. The van der Waals surface area contributed by atoms with E-state index in [4.69, 9.17) is 9.40 Å². The molecule has 0 saturated carbocycles. The summed E-state index contributed by atoms with van der Waals surface area (Å²) in [6, 6.07) is 55.6. The van der Waals surface area contributed by atoms with Gasteiger partial charge >= 0.3 is 0 Å². The van der Waals surface area contributed by atoms with Crippen LogP contribution in [-0.2, 0) is 0 Å². The van der Waals surface area contributed by atoms with Crippen molar-refractivity contribution in [3.63, 3.8) is 0 Å². The molecule has 0 radical (unpaired) electrons. The summed E-state index contributed by atoms with van der Waals surface area (Å²) < 4.78 is 8.96. The Morgan fingerprint density at radius 3 is 2.07 bits per heavy atom. The molecule has 0 saturated heterocycles. The van der Waals surface area contributed by atoms with Crippen LogP contribution in [0.1, 0.15) is 0 Å². The summed E-state index contributed by atoms with van der Waals surface area (Å²) >= 11 is 1.86. The molecule has 212 valence electrons. The van der Waals surface area contributed by atoms with Crippen molar-refractivity contribution in [3.05, 3.63) is 158 Å².